The normalized spacial score (nSPS) is 16.8. The minimum atomic E-state index is -0.681. The fourth-order valence-corrected chi connectivity index (χ4v) is 4.26. The van der Waals surface area contributed by atoms with Gasteiger partial charge >= 0.3 is 6.03 Å². The molecule has 2 aromatic rings. The third-order valence-corrected chi connectivity index (χ3v) is 6.07. The Morgan fingerprint density at radius 3 is 2.68 bits per heavy atom. The Labute approximate surface area is 223 Å². The molecule has 6 nitrogen and oxygen atoms in total. The molecule has 0 spiro atoms. The number of anilines is 1. The van der Waals surface area contributed by atoms with E-state index in [1.807, 2.05) is 43.4 Å². The lowest BCUT2D eigenvalue weighted by Crippen LogP contribution is -2.42. The van der Waals surface area contributed by atoms with Gasteiger partial charge < -0.3 is 20.1 Å². The highest BCUT2D eigenvalue weighted by atomic mass is 19.1. The number of urea groups is 1. The quantitative estimate of drug-likeness (QED) is 0.447. The van der Waals surface area contributed by atoms with E-state index >= 15 is 0 Å². The number of ether oxygens (including phenoxy) is 2. The van der Waals surface area contributed by atoms with Gasteiger partial charge in [0, 0.05) is 49.1 Å². The van der Waals surface area contributed by atoms with Gasteiger partial charge in [-0.1, -0.05) is 24.3 Å². The summed E-state index contributed by atoms with van der Waals surface area (Å²) in [5.74, 6) is -0.0594. The van der Waals surface area contributed by atoms with Gasteiger partial charge in [0.05, 0.1) is 13.2 Å². The highest BCUT2D eigenvalue weighted by Gasteiger charge is 2.21. The van der Waals surface area contributed by atoms with Gasteiger partial charge in [0.15, 0.2) is 0 Å². The topological polar surface area (TPSA) is 62.8 Å². The summed E-state index contributed by atoms with van der Waals surface area (Å²) in [5.41, 5.74) is 4.00. The number of halogens is 2. The lowest BCUT2D eigenvalue weighted by molar-refractivity contribution is 0.0388. The molecule has 0 bridgehead atoms. The summed E-state index contributed by atoms with van der Waals surface area (Å²) in [6.45, 7) is 11.7. The molecule has 38 heavy (non-hydrogen) atoms. The molecule has 2 aliphatic heterocycles. The summed E-state index contributed by atoms with van der Waals surface area (Å²) in [7, 11) is 0. The van der Waals surface area contributed by atoms with Gasteiger partial charge in [-0.25, -0.2) is 13.6 Å². The Hall–Kier alpha value is -3.75. The number of morpholine rings is 1. The van der Waals surface area contributed by atoms with Gasteiger partial charge in [0.2, 0.25) is 0 Å². The van der Waals surface area contributed by atoms with E-state index in [-0.39, 0.29) is 12.6 Å². The number of fused-ring (bicyclic) bond motifs is 1. The zero-order valence-electron chi connectivity index (χ0n) is 21.8. The minimum absolute atomic E-state index is 0.0379. The van der Waals surface area contributed by atoms with Crippen LogP contribution in [0.5, 0.6) is 5.75 Å². The lowest BCUT2D eigenvalue weighted by atomic mass is 9.92. The van der Waals surface area contributed by atoms with Crippen LogP contribution in [0.1, 0.15) is 18.1 Å². The predicted octanol–water partition coefficient (Wildman–Crippen LogP) is 5.86. The number of nitrogens with one attached hydrogen (secondary N) is 2. The molecule has 202 valence electrons. The van der Waals surface area contributed by atoms with Crippen molar-refractivity contribution in [3.63, 3.8) is 0 Å². The van der Waals surface area contributed by atoms with Crippen molar-refractivity contribution in [3.05, 3.63) is 95.9 Å². The smallest absolute Gasteiger partial charge is 0.319 e. The van der Waals surface area contributed by atoms with Gasteiger partial charge in [0.1, 0.15) is 24.8 Å². The van der Waals surface area contributed by atoms with Gasteiger partial charge in [-0.05, 0) is 54.0 Å². The van der Waals surface area contributed by atoms with Crippen molar-refractivity contribution < 1.29 is 23.0 Å². The maximum absolute atomic E-state index is 13.9. The number of amides is 2. The zero-order valence-corrected chi connectivity index (χ0v) is 21.8. The molecule has 1 saturated heterocycles. The van der Waals surface area contributed by atoms with Crippen molar-refractivity contribution in [2.75, 3.05) is 58.0 Å². The standard InChI is InChI=1S/C28H31F2N3O3.C2H4/c1-2-4-24-21(18-29)19-36-27-17-22(30)7-8-25(27)26(24)16-20-5-3-6-23(15-20)32-28(34)31-9-10-33-11-13-35-14-12-33;1-2/h2-8,15-17H,9-14,18-19H2,1H3,(H2,31,32,34);1-2H2/b4-2-,26-16+;. The molecule has 2 aromatic carbocycles. The Morgan fingerprint density at radius 2 is 1.95 bits per heavy atom. The van der Waals surface area contributed by atoms with Crippen LogP contribution < -0.4 is 15.4 Å². The summed E-state index contributed by atoms with van der Waals surface area (Å²) < 4.78 is 38.9. The van der Waals surface area contributed by atoms with Crippen molar-refractivity contribution in [3.8, 4) is 5.75 Å². The second-order valence-corrected chi connectivity index (χ2v) is 8.60. The third kappa shape index (κ3) is 7.87. The van der Waals surface area contributed by atoms with Gasteiger partial charge in [-0.3, -0.25) is 4.90 Å². The van der Waals surface area contributed by atoms with Crippen molar-refractivity contribution in [1.29, 1.82) is 0 Å². The summed E-state index contributed by atoms with van der Waals surface area (Å²) in [6.07, 6.45) is 5.58. The molecule has 2 N–H and O–H groups in total. The van der Waals surface area contributed by atoms with Crippen LogP contribution in [0.4, 0.5) is 19.3 Å². The predicted molar refractivity (Wildman–Crippen MR) is 150 cm³/mol. The van der Waals surface area contributed by atoms with Crippen molar-refractivity contribution in [2.24, 2.45) is 0 Å². The van der Waals surface area contributed by atoms with E-state index in [4.69, 9.17) is 9.47 Å². The first-order chi connectivity index (χ1) is 18.6. The van der Waals surface area contributed by atoms with Crippen LogP contribution in [-0.2, 0) is 4.74 Å². The fourth-order valence-electron chi connectivity index (χ4n) is 4.26. The van der Waals surface area contributed by atoms with Crippen molar-refractivity contribution >= 4 is 23.4 Å². The van der Waals surface area contributed by atoms with Crippen molar-refractivity contribution in [2.45, 2.75) is 6.92 Å². The van der Waals surface area contributed by atoms with E-state index < -0.39 is 12.5 Å². The molecule has 0 saturated carbocycles. The molecule has 2 amide bonds. The van der Waals surface area contributed by atoms with E-state index in [0.717, 1.165) is 44.0 Å². The molecular formula is C30H35F2N3O3. The molecule has 1 fully saturated rings. The molecule has 0 aliphatic carbocycles. The summed E-state index contributed by atoms with van der Waals surface area (Å²) in [5, 5.41) is 5.75. The Balaban J connectivity index is 0.00000195. The highest BCUT2D eigenvalue weighted by molar-refractivity contribution is 5.96. The monoisotopic (exact) mass is 523 g/mol. The number of nitrogens with zero attached hydrogens (tertiary/aromatic N) is 1. The molecule has 4 rings (SSSR count). The fraction of sp³-hybridized carbons (Fsp3) is 0.300. The minimum Gasteiger partial charge on any atom is -0.488 e. The maximum atomic E-state index is 13.9. The number of alkyl halides is 1. The van der Waals surface area contributed by atoms with Crippen LogP contribution in [0.2, 0.25) is 0 Å². The largest absolute Gasteiger partial charge is 0.488 e. The molecule has 0 radical (unpaired) electrons. The van der Waals surface area contributed by atoms with E-state index in [1.54, 1.807) is 12.1 Å². The maximum Gasteiger partial charge on any atom is 0.319 e. The molecule has 0 atom stereocenters. The number of carbonyl (C=O) groups is 1. The van der Waals surface area contributed by atoms with Crippen molar-refractivity contribution in [1.82, 2.24) is 10.2 Å². The number of benzene rings is 2. The highest BCUT2D eigenvalue weighted by Crippen LogP contribution is 2.38. The third-order valence-electron chi connectivity index (χ3n) is 6.07. The van der Waals surface area contributed by atoms with Crippen LogP contribution in [0.3, 0.4) is 0 Å². The average molecular weight is 524 g/mol. The van der Waals surface area contributed by atoms with E-state index in [9.17, 15) is 13.6 Å². The zero-order chi connectivity index (χ0) is 27.3. The summed E-state index contributed by atoms with van der Waals surface area (Å²) in [4.78, 5) is 14.7. The number of allylic oxidation sites excluding steroid dienone is 4. The van der Waals surface area contributed by atoms with E-state index in [0.29, 0.717) is 34.7 Å². The van der Waals surface area contributed by atoms with Crippen LogP contribution >= 0.6 is 0 Å². The van der Waals surface area contributed by atoms with E-state index in [1.165, 1.54) is 12.1 Å². The molecule has 0 aromatic heterocycles. The SMILES string of the molecule is C/C=C\C1=C(CF)COc2cc(F)ccc2/C1=C/c1cccc(NC(=O)NCCN2CCOCC2)c1.C=C. The van der Waals surface area contributed by atoms with Crippen LogP contribution in [0, 0.1) is 5.82 Å². The van der Waals surface area contributed by atoms with E-state index in [2.05, 4.69) is 28.7 Å². The second kappa shape index (κ2) is 14.9. The van der Waals surface area contributed by atoms with Crippen LogP contribution in [0.25, 0.3) is 11.6 Å². The molecular weight excluding hydrogens is 488 g/mol. The second-order valence-electron chi connectivity index (χ2n) is 8.60. The first-order valence-corrected chi connectivity index (χ1v) is 12.6. The first-order valence-electron chi connectivity index (χ1n) is 12.6. The summed E-state index contributed by atoms with van der Waals surface area (Å²) in [6, 6.07) is 11.4. The van der Waals surface area contributed by atoms with Crippen LogP contribution in [0.15, 0.2) is 78.9 Å². The molecule has 8 heteroatoms. The number of rotatable bonds is 7. The molecule has 2 heterocycles. The average Bonchev–Trinajstić information content (AvgIpc) is 3.07. The number of carbonyl (C=O) groups excluding carboxylic acids is 1. The Bertz CT molecular complexity index is 1190. The lowest BCUT2D eigenvalue weighted by Gasteiger charge is -2.26. The van der Waals surface area contributed by atoms with Gasteiger partial charge in [-0.2, -0.15) is 0 Å². The van der Waals surface area contributed by atoms with Gasteiger partial charge in [-0.15, -0.1) is 13.2 Å². The van der Waals surface area contributed by atoms with Gasteiger partial charge in [0.25, 0.3) is 0 Å². The molecule has 0 unspecified atom stereocenters. The Morgan fingerprint density at radius 1 is 1.16 bits per heavy atom. The summed E-state index contributed by atoms with van der Waals surface area (Å²) >= 11 is 0. The number of hydrogen-bond acceptors (Lipinski definition) is 4. The molecule has 2 aliphatic rings. The first kappa shape index (κ1) is 28.8. The Kier molecular flexibility index (Phi) is 11.3. The van der Waals surface area contributed by atoms with Crippen LogP contribution in [-0.4, -0.2) is 63.6 Å². The number of hydrogen-bond donors (Lipinski definition) is 2.